The number of piperidine rings is 2. The SMILES string of the molecule is CNC(=O)C1CCN([C@@H]2CC[C@@](C(=O)N3CCc4ncc(C(F)(F)F)cc4C3)(C(C)C)C2)CC1.CNC(=O)C1CCN([C@H]2CC[C@@](C(=O)N3CCc4ncc(C(F)(F)F)cc4C3)(C(C)C)C2)CC1. The van der Waals surface area contributed by atoms with Gasteiger partial charge in [-0.15, -0.1) is 0 Å². The fraction of sp³-hybridized carbons (Fsp3) is 0.720. The van der Waals surface area contributed by atoms with Gasteiger partial charge in [0.15, 0.2) is 0 Å². The van der Waals surface area contributed by atoms with E-state index in [0.717, 1.165) is 115 Å². The van der Waals surface area contributed by atoms with Gasteiger partial charge in [-0.05, 0) is 125 Å². The number of likely N-dealkylation sites (tertiary alicyclic amines) is 2. The second-order valence-corrected chi connectivity index (χ2v) is 20.9. The molecule has 2 aromatic rings. The zero-order valence-electron chi connectivity index (χ0n) is 40.5. The molecule has 0 bridgehead atoms. The monoisotopic (exact) mass is 961 g/mol. The topological polar surface area (TPSA) is 131 Å². The number of fused-ring (bicyclic) bond motifs is 2. The molecule has 2 N–H and O–H groups in total. The number of aromatic nitrogens is 2. The van der Waals surface area contributed by atoms with Crippen LogP contribution in [0.15, 0.2) is 24.5 Å². The number of alkyl halides is 6. The van der Waals surface area contributed by atoms with Crippen molar-refractivity contribution < 1.29 is 45.5 Å². The minimum absolute atomic E-state index is 0.0581. The first kappa shape index (κ1) is 51.5. The van der Waals surface area contributed by atoms with E-state index in [1.165, 1.54) is 0 Å². The van der Waals surface area contributed by atoms with Gasteiger partial charge in [-0.25, -0.2) is 0 Å². The van der Waals surface area contributed by atoms with Crippen LogP contribution >= 0.6 is 0 Å². The quantitative estimate of drug-likeness (QED) is 0.265. The first-order valence-electron chi connectivity index (χ1n) is 24.7. The van der Waals surface area contributed by atoms with E-state index < -0.39 is 34.3 Å². The maximum atomic E-state index is 13.9. The number of hydrogen-bond donors (Lipinski definition) is 2. The lowest BCUT2D eigenvalue weighted by Crippen LogP contribution is -2.49. The fourth-order valence-corrected chi connectivity index (χ4v) is 12.3. The Bertz CT molecular complexity index is 2000. The normalized spacial score (nSPS) is 26.6. The maximum Gasteiger partial charge on any atom is 0.417 e. The Morgan fingerprint density at radius 1 is 0.588 bits per heavy atom. The summed E-state index contributed by atoms with van der Waals surface area (Å²) in [7, 11) is 3.35. The number of nitrogens with one attached hydrogen (secondary N) is 2. The third-order valence-electron chi connectivity index (χ3n) is 16.7. The molecule has 376 valence electrons. The Labute approximate surface area is 396 Å². The average Bonchev–Trinajstić information content (AvgIpc) is 4.00. The van der Waals surface area contributed by atoms with Crippen LogP contribution in [0, 0.1) is 34.5 Å². The van der Waals surface area contributed by atoms with E-state index in [2.05, 4.69) is 58.1 Å². The third-order valence-corrected chi connectivity index (χ3v) is 16.7. The highest BCUT2D eigenvalue weighted by Crippen LogP contribution is 2.50. The van der Waals surface area contributed by atoms with Gasteiger partial charge in [0.05, 0.1) is 22.0 Å². The highest BCUT2D eigenvalue weighted by molar-refractivity contribution is 5.84. The van der Waals surface area contributed by atoms with Gasteiger partial charge in [0.2, 0.25) is 23.6 Å². The second kappa shape index (κ2) is 20.6. The third kappa shape index (κ3) is 10.7. The van der Waals surface area contributed by atoms with Gasteiger partial charge in [0.1, 0.15) is 0 Å². The number of rotatable bonds is 8. The Morgan fingerprint density at radius 3 is 1.25 bits per heavy atom. The number of carbonyl (C=O) groups excluding carboxylic acids is 4. The Hall–Kier alpha value is -4.32. The number of nitrogens with zero attached hydrogens (tertiary/aromatic N) is 6. The van der Waals surface area contributed by atoms with Crippen LogP contribution in [0.4, 0.5) is 26.3 Å². The zero-order valence-corrected chi connectivity index (χ0v) is 40.5. The molecule has 2 saturated carbocycles. The lowest BCUT2D eigenvalue weighted by Gasteiger charge is -2.41. The Morgan fingerprint density at radius 2 is 0.941 bits per heavy atom. The molecule has 18 heteroatoms. The van der Waals surface area contributed by atoms with E-state index in [9.17, 15) is 45.5 Å². The highest BCUT2D eigenvalue weighted by Gasteiger charge is 2.53. The largest absolute Gasteiger partial charge is 0.417 e. The summed E-state index contributed by atoms with van der Waals surface area (Å²) in [5.41, 5.74) is -0.236. The predicted octanol–water partition coefficient (Wildman–Crippen LogP) is 7.28. The summed E-state index contributed by atoms with van der Waals surface area (Å²) in [6, 6.07) is 2.90. The first-order chi connectivity index (χ1) is 32.1. The van der Waals surface area contributed by atoms with Crippen LogP contribution in [0.5, 0.6) is 0 Å². The highest BCUT2D eigenvalue weighted by atomic mass is 19.4. The molecular formula is C50H70F6N8O4. The van der Waals surface area contributed by atoms with E-state index in [1.807, 2.05) is 0 Å². The molecule has 0 aromatic carbocycles. The number of pyridine rings is 2. The van der Waals surface area contributed by atoms with E-state index in [1.54, 1.807) is 23.9 Å². The van der Waals surface area contributed by atoms with Crippen molar-refractivity contribution in [3.8, 4) is 0 Å². The molecule has 2 aliphatic carbocycles. The number of halogens is 6. The summed E-state index contributed by atoms with van der Waals surface area (Å²) in [6.45, 7) is 13.1. The Kier molecular flexibility index (Phi) is 15.6. The minimum atomic E-state index is -4.45. The molecule has 0 radical (unpaired) electrons. The fourth-order valence-electron chi connectivity index (χ4n) is 12.3. The molecule has 6 aliphatic rings. The zero-order chi connectivity index (χ0) is 49.3. The molecule has 68 heavy (non-hydrogen) atoms. The first-order valence-corrected chi connectivity index (χ1v) is 24.7. The van der Waals surface area contributed by atoms with Gasteiger partial charge in [-0.2, -0.15) is 26.3 Å². The van der Waals surface area contributed by atoms with E-state index in [-0.39, 0.29) is 60.4 Å². The van der Waals surface area contributed by atoms with Crippen molar-refractivity contribution in [3.05, 3.63) is 58.2 Å². The van der Waals surface area contributed by atoms with Gasteiger partial charge in [0, 0.05) is 101 Å². The smallest absolute Gasteiger partial charge is 0.359 e. The number of hydrogen-bond acceptors (Lipinski definition) is 8. The van der Waals surface area contributed by atoms with Gasteiger partial charge in [-0.1, -0.05) is 27.7 Å². The summed E-state index contributed by atoms with van der Waals surface area (Å²) >= 11 is 0. The second-order valence-electron chi connectivity index (χ2n) is 20.9. The Balaban J connectivity index is 0.000000201. The van der Waals surface area contributed by atoms with Crippen molar-refractivity contribution >= 4 is 23.6 Å². The van der Waals surface area contributed by atoms with Gasteiger partial charge >= 0.3 is 12.4 Å². The number of carbonyl (C=O) groups is 4. The number of amides is 4. The molecule has 8 rings (SSSR count). The summed E-state index contributed by atoms with van der Waals surface area (Å²) in [5, 5.41) is 5.49. The van der Waals surface area contributed by atoms with Crippen LogP contribution < -0.4 is 10.6 Å². The van der Waals surface area contributed by atoms with Crippen LogP contribution in [0.2, 0.25) is 0 Å². The van der Waals surface area contributed by atoms with Crippen LogP contribution in [0.3, 0.4) is 0 Å². The molecular weight excluding hydrogens is 891 g/mol. The molecule has 0 unspecified atom stereocenters. The van der Waals surface area contributed by atoms with Gasteiger partial charge in [0.25, 0.3) is 0 Å². The van der Waals surface area contributed by atoms with Crippen molar-refractivity contribution in [2.45, 2.75) is 142 Å². The molecule has 2 aromatic heterocycles. The summed E-state index contributed by atoms with van der Waals surface area (Å²) in [5.74, 6) is 0.716. The van der Waals surface area contributed by atoms with E-state index in [0.29, 0.717) is 60.5 Å². The van der Waals surface area contributed by atoms with Crippen LogP contribution in [0.25, 0.3) is 0 Å². The molecule has 4 fully saturated rings. The minimum Gasteiger partial charge on any atom is -0.359 e. The maximum absolute atomic E-state index is 13.9. The molecule has 12 nitrogen and oxygen atoms in total. The molecule has 2 saturated heterocycles. The molecule has 4 aliphatic heterocycles. The van der Waals surface area contributed by atoms with Gasteiger partial charge < -0.3 is 30.2 Å². The van der Waals surface area contributed by atoms with E-state index >= 15 is 0 Å². The van der Waals surface area contributed by atoms with Crippen LogP contribution in [-0.2, 0) is 57.5 Å². The van der Waals surface area contributed by atoms with Crippen LogP contribution in [-0.4, -0.2) is 119 Å². The molecule has 4 atom stereocenters. The summed E-state index contributed by atoms with van der Waals surface area (Å²) < 4.78 is 79.1. The molecule has 6 heterocycles. The summed E-state index contributed by atoms with van der Waals surface area (Å²) in [4.78, 5) is 68.1. The lowest BCUT2D eigenvalue weighted by molar-refractivity contribution is -0.147. The average molecular weight is 961 g/mol. The molecule has 4 amide bonds. The summed E-state index contributed by atoms with van der Waals surface area (Å²) in [6.07, 6.45) is 2.11. The van der Waals surface area contributed by atoms with Crippen molar-refractivity contribution in [3.63, 3.8) is 0 Å². The van der Waals surface area contributed by atoms with Crippen molar-refractivity contribution in [2.24, 2.45) is 34.5 Å². The lowest BCUT2D eigenvalue weighted by atomic mass is 9.73. The van der Waals surface area contributed by atoms with Crippen molar-refractivity contribution in [1.82, 2.24) is 40.2 Å². The standard InChI is InChI=1S/2C25H35F3N4O2/c2*1-16(2)24(8-4-20(13-24)31-9-5-17(6-10-31)22(33)29-3)23(34)32-11-7-21-18(15-32)12-19(14-30-21)25(26,27)28/h2*12,14,16-17,20H,4-11,13,15H2,1-3H3,(H,29,33)/t20-,24+;20-,24-/m10/s1. The molecule has 0 spiro atoms. The van der Waals surface area contributed by atoms with E-state index in [4.69, 9.17) is 0 Å². The van der Waals surface area contributed by atoms with Crippen molar-refractivity contribution in [2.75, 3.05) is 53.4 Å². The van der Waals surface area contributed by atoms with Crippen LogP contribution in [0.1, 0.15) is 126 Å². The van der Waals surface area contributed by atoms with Crippen molar-refractivity contribution in [1.29, 1.82) is 0 Å². The van der Waals surface area contributed by atoms with Gasteiger partial charge in [-0.3, -0.25) is 29.1 Å². The predicted molar refractivity (Wildman–Crippen MR) is 243 cm³/mol.